The molecule has 0 spiro atoms. The number of rotatable bonds is 8. The molecule has 0 aromatic heterocycles. The second-order valence-corrected chi connectivity index (χ2v) is 5.35. The maximum Gasteiger partial charge on any atom is 0.305 e. The van der Waals surface area contributed by atoms with Crippen LogP contribution in [0.3, 0.4) is 0 Å². The minimum absolute atomic E-state index is 0.0658. The van der Waals surface area contributed by atoms with Gasteiger partial charge in [0.15, 0.2) is 6.10 Å². The summed E-state index contributed by atoms with van der Waals surface area (Å²) in [5.74, 6) is -0.847. The average Bonchev–Trinajstić information content (AvgIpc) is 2.44. The van der Waals surface area contributed by atoms with Crippen molar-refractivity contribution in [1.29, 1.82) is 0 Å². The molecule has 0 radical (unpaired) electrons. The summed E-state index contributed by atoms with van der Waals surface area (Å²) >= 11 is 0. The van der Waals surface area contributed by atoms with Gasteiger partial charge in [-0.15, -0.1) is 0 Å². The van der Waals surface area contributed by atoms with Crippen LogP contribution in [0.5, 0.6) is 0 Å². The summed E-state index contributed by atoms with van der Waals surface area (Å²) in [5, 5.41) is 8.82. The molecule has 0 heterocycles. The molecule has 0 aliphatic heterocycles. The molecular weight excluding hydrogens is 270 g/mol. The molecule has 1 aromatic carbocycles. The Hall–Kier alpha value is -1.88. The van der Waals surface area contributed by atoms with E-state index in [2.05, 4.69) is 0 Å². The van der Waals surface area contributed by atoms with Gasteiger partial charge in [-0.2, -0.15) is 0 Å². The van der Waals surface area contributed by atoms with E-state index in [0.29, 0.717) is 6.54 Å². The molecule has 1 amide bonds. The molecule has 1 rings (SSSR count). The predicted molar refractivity (Wildman–Crippen MR) is 79.9 cm³/mol. The lowest BCUT2D eigenvalue weighted by molar-refractivity contribution is -0.144. The molecule has 21 heavy (non-hydrogen) atoms. The van der Waals surface area contributed by atoms with Gasteiger partial charge in [-0.25, -0.2) is 0 Å². The number of carbonyl (C=O) groups is 2. The fourth-order valence-corrected chi connectivity index (χ4v) is 2.14. The number of carboxylic acid groups (broad SMARTS) is 1. The lowest BCUT2D eigenvalue weighted by Crippen LogP contribution is -2.39. The van der Waals surface area contributed by atoms with Crippen LogP contribution in [0.1, 0.15) is 31.9 Å². The van der Waals surface area contributed by atoms with Crippen molar-refractivity contribution in [2.45, 2.75) is 26.4 Å². The van der Waals surface area contributed by atoms with Gasteiger partial charge < -0.3 is 14.7 Å². The predicted octanol–water partition coefficient (Wildman–Crippen LogP) is 2.33. The number of carbonyl (C=O) groups excluding carboxylic acids is 1. The molecule has 0 saturated heterocycles. The maximum atomic E-state index is 12.6. The van der Waals surface area contributed by atoms with Crippen LogP contribution in [-0.2, 0) is 14.3 Å². The first-order valence-electron chi connectivity index (χ1n) is 7.04. The number of carboxylic acids is 1. The molecule has 116 valence electrons. The third-order valence-corrected chi connectivity index (χ3v) is 3.06. The smallest absolute Gasteiger partial charge is 0.305 e. The van der Waals surface area contributed by atoms with E-state index in [4.69, 9.17) is 9.84 Å². The third kappa shape index (κ3) is 5.55. The van der Waals surface area contributed by atoms with E-state index in [1.165, 1.54) is 7.11 Å². The van der Waals surface area contributed by atoms with Crippen LogP contribution in [-0.4, -0.2) is 42.1 Å². The summed E-state index contributed by atoms with van der Waals surface area (Å²) in [6.45, 7) is 4.69. The van der Waals surface area contributed by atoms with Crippen molar-refractivity contribution < 1.29 is 19.4 Å². The summed E-state index contributed by atoms with van der Waals surface area (Å²) in [7, 11) is 1.49. The fraction of sp³-hybridized carbons (Fsp3) is 0.500. The monoisotopic (exact) mass is 293 g/mol. The van der Waals surface area contributed by atoms with Gasteiger partial charge in [-0.1, -0.05) is 44.2 Å². The van der Waals surface area contributed by atoms with Gasteiger partial charge in [0, 0.05) is 20.2 Å². The van der Waals surface area contributed by atoms with Gasteiger partial charge in [0.1, 0.15) is 0 Å². The van der Waals surface area contributed by atoms with Gasteiger partial charge in [0.25, 0.3) is 5.91 Å². The molecule has 0 bridgehead atoms. The summed E-state index contributed by atoms with van der Waals surface area (Å²) < 4.78 is 5.33. The largest absolute Gasteiger partial charge is 0.481 e. The lowest BCUT2D eigenvalue weighted by atomic mass is 10.1. The SMILES string of the molecule is COC(C(=O)N(CCC(=O)O)CC(C)C)c1ccccc1. The third-order valence-electron chi connectivity index (χ3n) is 3.06. The number of nitrogens with zero attached hydrogens (tertiary/aromatic N) is 1. The molecular formula is C16H23NO4. The molecule has 1 N–H and O–H groups in total. The van der Waals surface area contributed by atoms with E-state index < -0.39 is 12.1 Å². The van der Waals surface area contributed by atoms with Crippen molar-refractivity contribution in [3.05, 3.63) is 35.9 Å². The minimum atomic E-state index is -0.912. The number of ether oxygens (including phenoxy) is 1. The molecule has 0 saturated carbocycles. The topological polar surface area (TPSA) is 66.8 Å². The van der Waals surface area contributed by atoms with E-state index in [1.54, 1.807) is 4.90 Å². The van der Waals surface area contributed by atoms with Crippen LogP contribution in [0.25, 0.3) is 0 Å². The summed E-state index contributed by atoms with van der Waals surface area (Å²) in [4.78, 5) is 25.0. The highest BCUT2D eigenvalue weighted by Crippen LogP contribution is 2.20. The van der Waals surface area contributed by atoms with Crippen LogP contribution < -0.4 is 0 Å². The van der Waals surface area contributed by atoms with Crippen molar-refractivity contribution in [2.24, 2.45) is 5.92 Å². The number of hydrogen-bond donors (Lipinski definition) is 1. The van der Waals surface area contributed by atoms with Gasteiger partial charge in [-0.3, -0.25) is 9.59 Å². The Bertz CT molecular complexity index is 459. The quantitative estimate of drug-likeness (QED) is 0.799. The Labute approximate surface area is 125 Å². The zero-order chi connectivity index (χ0) is 15.8. The summed E-state index contributed by atoms with van der Waals surface area (Å²) in [6.07, 6.45) is -0.761. The lowest BCUT2D eigenvalue weighted by Gasteiger charge is -2.28. The van der Waals surface area contributed by atoms with Gasteiger partial charge >= 0.3 is 5.97 Å². The van der Waals surface area contributed by atoms with Gasteiger partial charge in [0.2, 0.25) is 0 Å². The Balaban J connectivity index is 2.88. The Kier molecular flexibility index (Phi) is 6.88. The zero-order valence-electron chi connectivity index (χ0n) is 12.8. The first kappa shape index (κ1) is 17.2. The number of aliphatic carboxylic acids is 1. The number of benzene rings is 1. The molecule has 0 aliphatic rings. The minimum Gasteiger partial charge on any atom is -0.481 e. The van der Waals surface area contributed by atoms with Crippen LogP contribution in [0.15, 0.2) is 30.3 Å². The van der Waals surface area contributed by atoms with Crippen molar-refractivity contribution >= 4 is 11.9 Å². The van der Waals surface area contributed by atoms with Crippen LogP contribution in [0.2, 0.25) is 0 Å². The molecule has 0 aliphatic carbocycles. The van der Waals surface area contributed by atoms with Crippen molar-refractivity contribution in [2.75, 3.05) is 20.2 Å². The standard InChI is InChI=1S/C16H23NO4/c1-12(2)11-17(10-9-14(18)19)16(20)15(21-3)13-7-5-4-6-8-13/h4-8,12,15H,9-11H2,1-3H3,(H,18,19). The molecule has 5 nitrogen and oxygen atoms in total. The fourth-order valence-electron chi connectivity index (χ4n) is 2.14. The number of amides is 1. The highest BCUT2D eigenvalue weighted by molar-refractivity contribution is 5.82. The Morgan fingerprint density at radius 1 is 1.24 bits per heavy atom. The highest BCUT2D eigenvalue weighted by atomic mass is 16.5. The molecule has 5 heteroatoms. The van der Waals surface area contributed by atoms with Crippen molar-refractivity contribution in [1.82, 2.24) is 4.90 Å². The number of methoxy groups -OCH3 is 1. The normalized spacial score (nSPS) is 12.2. The van der Waals surface area contributed by atoms with E-state index in [9.17, 15) is 9.59 Å². The Morgan fingerprint density at radius 3 is 2.33 bits per heavy atom. The average molecular weight is 293 g/mol. The van der Waals surface area contributed by atoms with E-state index in [0.717, 1.165) is 5.56 Å². The van der Waals surface area contributed by atoms with Crippen LogP contribution >= 0.6 is 0 Å². The second-order valence-electron chi connectivity index (χ2n) is 5.35. The van der Waals surface area contributed by atoms with Crippen molar-refractivity contribution in [3.63, 3.8) is 0 Å². The molecule has 1 unspecified atom stereocenters. The van der Waals surface area contributed by atoms with Gasteiger partial charge in [-0.05, 0) is 11.5 Å². The first-order valence-corrected chi connectivity index (χ1v) is 7.04. The first-order chi connectivity index (χ1) is 9.95. The summed E-state index contributed by atoms with van der Waals surface area (Å²) in [6, 6.07) is 9.22. The van der Waals surface area contributed by atoms with E-state index in [1.807, 2.05) is 44.2 Å². The van der Waals surface area contributed by atoms with Crippen LogP contribution in [0, 0.1) is 5.92 Å². The zero-order valence-corrected chi connectivity index (χ0v) is 12.8. The van der Waals surface area contributed by atoms with Crippen molar-refractivity contribution in [3.8, 4) is 0 Å². The maximum absolute atomic E-state index is 12.6. The molecule has 0 fully saturated rings. The highest BCUT2D eigenvalue weighted by Gasteiger charge is 2.26. The van der Waals surface area contributed by atoms with E-state index in [-0.39, 0.29) is 24.8 Å². The summed E-state index contributed by atoms with van der Waals surface area (Å²) in [5.41, 5.74) is 0.772. The van der Waals surface area contributed by atoms with E-state index >= 15 is 0 Å². The second kappa shape index (κ2) is 8.42. The Morgan fingerprint density at radius 2 is 1.86 bits per heavy atom. The van der Waals surface area contributed by atoms with Gasteiger partial charge in [0.05, 0.1) is 6.42 Å². The van der Waals surface area contributed by atoms with Crippen LogP contribution in [0.4, 0.5) is 0 Å². The molecule has 1 aromatic rings. The number of hydrogen-bond acceptors (Lipinski definition) is 3. The molecule has 1 atom stereocenters.